The Morgan fingerprint density at radius 1 is 1.35 bits per heavy atom. The van der Waals surface area contributed by atoms with Crippen molar-refractivity contribution in [3.8, 4) is 0 Å². The Hall–Kier alpha value is -1.20. The number of halogens is 2. The maximum absolute atomic E-state index is 12.2. The summed E-state index contributed by atoms with van der Waals surface area (Å²) in [5.41, 5.74) is 0. The molecule has 3 atom stereocenters. The van der Waals surface area contributed by atoms with Crippen LogP contribution >= 0.6 is 0 Å². The molecule has 1 aliphatic rings. The second kappa shape index (κ2) is 5.42. The standard InChI is InChI=1S/C11H17F2NO3/c1-6-3-7(8(4-6)11(16)17)10(15)14(2)5-9(12)13/h6-9H,3-5H2,1-2H3,(H,16,17)/t6?,7-,8+/m0/s1. The Bertz CT molecular complexity index is 309. The number of carboxylic acids is 1. The first kappa shape index (κ1) is 13.9. The number of aliphatic carboxylic acids is 1. The number of rotatable bonds is 4. The van der Waals surface area contributed by atoms with E-state index < -0.39 is 36.7 Å². The minimum absolute atomic E-state index is 0.144. The highest BCUT2D eigenvalue weighted by Crippen LogP contribution is 2.37. The van der Waals surface area contributed by atoms with Crippen molar-refractivity contribution in [3.63, 3.8) is 0 Å². The van der Waals surface area contributed by atoms with Crippen LogP contribution in [0.5, 0.6) is 0 Å². The van der Waals surface area contributed by atoms with Gasteiger partial charge in [-0.3, -0.25) is 9.59 Å². The van der Waals surface area contributed by atoms with E-state index in [0.717, 1.165) is 4.90 Å². The van der Waals surface area contributed by atoms with Crippen molar-refractivity contribution in [2.75, 3.05) is 13.6 Å². The molecule has 6 heteroatoms. The molecule has 1 amide bonds. The highest BCUT2D eigenvalue weighted by Gasteiger charge is 2.42. The summed E-state index contributed by atoms with van der Waals surface area (Å²) in [7, 11) is 1.29. The van der Waals surface area contributed by atoms with Crippen LogP contribution in [0.2, 0.25) is 0 Å². The molecule has 17 heavy (non-hydrogen) atoms. The first-order chi connectivity index (χ1) is 7.82. The van der Waals surface area contributed by atoms with Crippen LogP contribution in [0, 0.1) is 17.8 Å². The van der Waals surface area contributed by atoms with Gasteiger partial charge in [0.05, 0.1) is 18.4 Å². The molecule has 0 aliphatic heterocycles. The van der Waals surface area contributed by atoms with E-state index in [1.165, 1.54) is 7.05 Å². The molecule has 1 rings (SSSR count). The minimum Gasteiger partial charge on any atom is -0.481 e. The van der Waals surface area contributed by atoms with Gasteiger partial charge in [0.15, 0.2) is 0 Å². The highest BCUT2D eigenvalue weighted by molar-refractivity contribution is 5.85. The smallest absolute Gasteiger partial charge is 0.307 e. The third-order valence-electron chi connectivity index (χ3n) is 3.22. The van der Waals surface area contributed by atoms with Crippen molar-refractivity contribution in [3.05, 3.63) is 0 Å². The number of amides is 1. The predicted molar refractivity (Wildman–Crippen MR) is 56.7 cm³/mol. The fraction of sp³-hybridized carbons (Fsp3) is 0.818. The van der Waals surface area contributed by atoms with E-state index in [4.69, 9.17) is 5.11 Å². The Morgan fingerprint density at radius 3 is 2.35 bits per heavy atom. The summed E-state index contributed by atoms with van der Waals surface area (Å²) >= 11 is 0. The minimum atomic E-state index is -2.59. The summed E-state index contributed by atoms with van der Waals surface area (Å²) in [6.45, 7) is 1.23. The number of hydrogen-bond donors (Lipinski definition) is 1. The van der Waals surface area contributed by atoms with Crippen molar-refractivity contribution >= 4 is 11.9 Å². The molecule has 0 aromatic rings. The third-order valence-corrected chi connectivity index (χ3v) is 3.22. The van der Waals surface area contributed by atoms with Gasteiger partial charge < -0.3 is 10.0 Å². The number of nitrogens with zero attached hydrogens (tertiary/aromatic N) is 1. The van der Waals surface area contributed by atoms with Crippen LogP contribution in [-0.4, -0.2) is 41.9 Å². The Balaban J connectivity index is 2.70. The number of carbonyl (C=O) groups excluding carboxylic acids is 1. The van der Waals surface area contributed by atoms with Gasteiger partial charge >= 0.3 is 5.97 Å². The van der Waals surface area contributed by atoms with E-state index in [1.807, 2.05) is 6.92 Å². The summed E-state index contributed by atoms with van der Waals surface area (Å²) in [6, 6.07) is 0. The van der Waals surface area contributed by atoms with E-state index >= 15 is 0 Å². The lowest BCUT2D eigenvalue weighted by atomic mass is 9.95. The normalized spacial score (nSPS) is 28.4. The van der Waals surface area contributed by atoms with Gasteiger partial charge in [0.1, 0.15) is 0 Å². The average Bonchev–Trinajstić information content (AvgIpc) is 2.58. The van der Waals surface area contributed by atoms with Gasteiger partial charge in [-0.25, -0.2) is 8.78 Å². The second-order valence-corrected chi connectivity index (χ2v) is 4.74. The van der Waals surface area contributed by atoms with Crippen LogP contribution in [0.15, 0.2) is 0 Å². The Kier molecular flexibility index (Phi) is 4.42. The van der Waals surface area contributed by atoms with Crippen molar-refractivity contribution in [2.45, 2.75) is 26.2 Å². The molecule has 1 unspecified atom stereocenters. The largest absolute Gasteiger partial charge is 0.481 e. The van der Waals surface area contributed by atoms with Crippen LogP contribution in [0.3, 0.4) is 0 Å². The zero-order chi connectivity index (χ0) is 13.2. The quantitative estimate of drug-likeness (QED) is 0.820. The Labute approximate surface area is 98.6 Å². The van der Waals surface area contributed by atoms with Crippen molar-refractivity contribution in [2.24, 2.45) is 17.8 Å². The predicted octanol–water partition coefficient (Wildman–Crippen LogP) is 1.46. The van der Waals surface area contributed by atoms with E-state index in [0.29, 0.717) is 12.8 Å². The lowest BCUT2D eigenvalue weighted by Gasteiger charge is -2.23. The van der Waals surface area contributed by atoms with E-state index in [2.05, 4.69) is 0 Å². The number of carbonyl (C=O) groups is 2. The summed E-state index contributed by atoms with van der Waals surface area (Å²) < 4.78 is 24.3. The van der Waals surface area contributed by atoms with Gasteiger partial charge in [-0.1, -0.05) is 6.92 Å². The van der Waals surface area contributed by atoms with Gasteiger partial charge in [0.25, 0.3) is 6.43 Å². The van der Waals surface area contributed by atoms with Gasteiger partial charge in [-0.15, -0.1) is 0 Å². The molecular formula is C11H17F2NO3. The summed E-state index contributed by atoms with van der Waals surface area (Å²) in [6.07, 6.45) is -1.69. The Morgan fingerprint density at radius 2 is 1.88 bits per heavy atom. The molecule has 0 spiro atoms. The molecule has 98 valence electrons. The van der Waals surface area contributed by atoms with Crippen LogP contribution in [0.1, 0.15) is 19.8 Å². The summed E-state index contributed by atoms with van der Waals surface area (Å²) in [4.78, 5) is 23.8. The molecule has 4 nitrogen and oxygen atoms in total. The van der Waals surface area contributed by atoms with Crippen LogP contribution in [0.4, 0.5) is 8.78 Å². The molecule has 0 aromatic carbocycles. The summed E-state index contributed by atoms with van der Waals surface area (Å²) in [5.74, 6) is -2.76. The van der Waals surface area contributed by atoms with Crippen LogP contribution < -0.4 is 0 Å². The van der Waals surface area contributed by atoms with Gasteiger partial charge in [-0.05, 0) is 18.8 Å². The zero-order valence-electron chi connectivity index (χ0n) is 9.90. The topological polar surface area (TPSA) is 57.6 Å². The fourth-order valence-electron chi connectivity index (χ4n) is 2.42. The van der Waals surface area contributed by atoms with Crippen molar-refractivity contribution in [1.82, 2.24) is 4.90 Å². The molecule has 1 N–H and O–H groups in total. The van der Waals surface area contributed by atoms with Gasteiger partial charge in [0, 0.05) is 7.05 Å². The van der Waals surface area contributed by atoms with E-state index in [9.17, 15) is 18.4 Å². The van der Waals surface area contributed by atoms with Crippen LogP contribution in [-0.2, 0) is 9.59 Å². The summed E-state index contributed by atoms with van der Waals surface area (Å²) in [5, 5.41) is 9.00. The van der Waals surface area contributed by atoms with Crippen molar-refractivity contribution in [1.29, 1.82) is 0 Å². The monoisotopic (exact) mass is 249 g/mol. The second-order valence-electron chi connectivity index (χ2n) is 4.74. The highest BCUT2D eigenvalue weighted by atomic mass is 19.3. The molecule has 1 aliphatic carbocycles. The fourth-order valence-corrected chi connectivity index (χ4v) is 2.42. The number of hydrogen-bond acceptors (Lipinski definition) is 2. The van der Waals surface area contributed by atoms with Gasteiger partial charge in [-0.2, -0.15) is 0 Å². The van der Waals surface area contributed by atoms with E-state index in [-0.39, 0.29) is 5.92 Å². The lowest BCUT2D eigenvalue weighted by molar-refractivity contribution is -0.149. The molecular weight excluding hydrogens is 232 g/mol. The van der Waals surface area contributed by atoms with E-state index in [1.54, 1.807) is 0 Å². The van der Waals surface area contributed by atoms with Gasteiger partial charge in [0.2, 0.25) is 5.91 Å². The molecule has 1 saturated carbocycles. The maximum Gasteiger partial charge on any atom is 0.307 e. The molecule has 0 radical (unpaired) electrons. The zero-order valence-corrected chi connectivity index (χ0v) is 9.90. The molecule has 0 bridgehead atoms. The van der Waals surface area contributed by atoms with Crippen molar-refractivity contribution < 1.29 is 23.5 Å². The molecule has 0 heterocycles. The number of carboxylic acid groups (broad SMARTS) is 1. The molecule has 0 saturated heterocycles. The third kappa shape index (κ3) is 3.38. The first-order valence-electron chi connectivity index (χ1n) is 5.58. The lowest BCUT2D eigenvalue weighted by Crippen LogP contribution is -2.39. The molecule has 1 fully saturated rings. The number of alkyl halides is 2. The average molecular weight is 249 g/mol. The van der Waals surface area contributed by atoms with Crippen LogP contribution in [0.25, 0.3) is 0 Å². The molecule has 0 aromatic heterocycles. The SMILES string of the molecule is CC1C[C@H](C(=O)N(C)CC(F)F)[C@H](C(=O)O)C1. The maximum atomic E-state index is 12.2. The first-order valence-corrected chi connectivity index (χ1v) is 5.58.